The third-order valence-electron chi connectivity index (χ3n) is 7.38. The molecule has 2 aromatic heterocycles. The lowest BCUT2D eigenvalue weighted by Gasteiger charge is -2.16. The molecule has 0 aliphatic carbocycles. The first-order valence-electron chi connectivity index (χ1n) is 14.4. The zero-order chi connectivity index (χ0) is 26.5. The molecule has 0 bridgehead atoms. The van der Waals surface area contributed by atoms with Crippen LogP contribution in [0.25, 0.3) is 20.7 Å². The Morgan fingerprint density at radius 3 is 1.97 bits per heavy atom. The Morgan fingerprint density at radius 1 is 0.811 bits per heavy atom. The van der Waals surface area contributed by atoms with Crippen LogP contribution in [0.3, 0.4) is 0 Å². The number of halogens is 3. The van der Waals surface area contributed by atoms with Gasteiger partial charge in [-0.15, -0.1) is 16.4 Å². The van der Waals surface area contributed by atoms with Gasteiger partial charge in [0, 0.05) is 4.88 Å². The number of hydrogen-bond acceptors (Lipinski definition) is 4. The summed E-state index contributed by atoms with van der Waals surface area (Å²) in [6, 6.07) is 2.07. The van der Waals surface area contributed by atoms with Crippen LogP contribution in [0.4, 0.5) is 8.78 Å². The maximum absolute atomic E-state index is 15.0. The number of nitrogens with zero attached hydrogens (tertiary/aromatic N) is 2. The van der Waals surface area contributed by atoms with Crippen LogP contribution in [0.2, 0.25) is 0 Å². The van der Waals surface area contributed by atoms with Crippen molar-refractivity contribution in [3.05, 3.63) is 33.1 Å². The molecule has 3 aromatic rings. The predicted molar refractivity (Wildman–Crippen MR) is 161 cm³/mol. The molecule has 0 saturated heterocycles. The van der Waals surface area contributed by atoms with Gasteiger partial charge in [-0.05, 0) is 56.8 Å². The summed E-state index contributed by atoms with van der Waals surface area (Å²) in [5.41, 5.74) is 1.94. The van der Waals surface area contributed by atoms with Crippen LogP contribution in [0, 0.1) is 17.6 Å². The maximum atomic E-state index is 15.0. The van der Waals surface area contributed by atoms with E-state index in [4.69, 9.17) is 0 Å². The van der Waals surface area contributed by atoms with Crippen molar-refractivity contribution >= 4 is 49.0 Å². The highest BCUT2D eigenvalue weighted by molar-refractivity contribution is 9.10. The van der Waals surface area contributed by atoms with E-state index in [0.717, 1.165) is 22.8 Å². The standard InChI is InChI=1S/C30H43BrF2N2S2/c1-3-5-7-9-11-12-14-16-18-22(17-15-13-10-8-6-4-2)19-23-20-24(36-21-23)25-27(32)28(33)26(31)29-30(25)37-35-34-29/h20-22H,3-19H2,1-2H3. The van der Waals surface area contributed by atoms with Gasteiger partial charge in [0.15, 0.2) is 11.6 Å². The molecule has 0 N–H and O–H groups in total. The molecular weight excluding hydrogens is 570 g/mol. The first-order chi connectivity index (χ1) is 18.1. The van der Waals surface area contributed by atoms with E-state index in [9.17, 15) is 4.39 Å². The summed E-state index contributed by atoms with van der Waals surface area (Å²) >= 11 is 5.76. The molecule has 206 valence electrons. The third kappa shape index (κ3) is 9.35. The topological polar surface area (TPSA) is 25.8 Å². The van der Waals surface area contributed by atoms with E-state index in [1.165, 1.54) is 120 Å². The van der Waals surface area contributed by atoms with Gasteiger partial charge in [0.2, 0.25) is 0 Å². The molecule has 0 fully saturated rings. The quantitative estimate of drug-likeness (QED) is 0.0993. The van der Waals surface area contributed by atoms with Crippen LogP contribution in [0.5, 0.6) is 0 Å². The van der Waals surface area contributed by atoms with Crippen LogP contribution in [0.15, 0.2) is 15.9 Å². The fourth-order valence-electron chi connectivity index (χ4n) is 5.20. The van der Waals surface area contributed by atoms with Gasteiger partial charge in [0.25, 0.3) is 0 Å². The second-order valence-corrected chi connectivity index (χ2v) is 12.9. The summed E-state index contributed by atoms with van der Waals surface area (Å²) in [4.78, 5) is 0.764. The van der Waals surface area contributed by atoms with Crippen LogP contribution >= 0.6 is 38.8 Å². The normalized spacial score (nSPS) is 12.6. The fraction of sp³-hybridized carbons (Fsp3) is 0.667. The van der Waals surface area contributed by atoms with Crippen molar-refractivity contribution in [1.29, 1.82) is 0 Å². The SMILES string of the molecule is CCCCCCCCCCC(CCCCCCCC)Cc1csc(-c2c(F)c(F)c(Br)c3nnsc23)c1. The van der Waals surface area contributed by atoms with Gasteiger partial charge in [-0.25, -0.2) is 8.78 Å². The zero-order valence-corrected chi connectivity index (χ0v) is 25.8. The Kier molecular flexibility index (Phi) is 14.0. The maximum Gasteiger partial charge on any atom is 0.176 e. The number of fused-ring (bicyclic) bond motifs is 1. The number of thiophene rings is 1. The van der Waals surface area contributed by atoms with Crippen molar-refractivity contribution in [2.24, 2.45) is 5.92 Å². The van der Waals surface area contributed by atoms with E-state index in [-0.39, 0.29) is 4.47 Å². The van der Waals surface area contributed by atoms with Crippen LogP contribution in [-0.4, -0.2) is 9.59 Å². The molecule has 2 heterocycles. The highest BCUT2D eigenvalue weighted by atomic mass is 79.9. The van der Waals surface area contributed by atoms with E-state index in [0.29, 0.717) is 21.7 Å². The van der Waals surface area contributed by atoms with E-state index in [1.54, 1.807) is 0 Å². The molecule has 37 heavy (non-hydrogen) atoms. The average Bonchev–Trinajstić information content (AvgIpc) is 3.56. The smallest absolute Gasteiger partial charge is 0.176 e. The molecule has 3 rings (SSSR count). The fourth-order valence-corrected chi connectivity index (χ4v) is 7.55. The number of aromatic nitrogens is 2. The Balaban J connectivity index is 1.61. The molecule has 0 aliphatic heterocycles. The minimum Gasteiger partial charge on any atom is -0.203 e. The Labute approximate surface area is 238 Å². The molecule has 1 aromatic carbocycles. The van der Waals surface area contributed by atoms with Crippen molar-refractivity contribution in [2.75, 3.05) is 0 Å². The molecule has 0 aliphatic rings. The van der Waals surface area contributed by atoms with E-state index in [2.05, 4.69) is 50.8 Å². The molecule has 0 spiro atoms. The molecular formula is C30H43BrF2N2S2. The summed E-state index contributed by atoms with van der Waals surface area (Å²) in [5.74, 6) is -1.05. The van der Waals surface area contributed by atoms with Crippen molar-refractivity contribution in [2.45, 2.75) is 123 Å². The van der Waals surface area contributed by atoms with Crippen LogP contribution < -0.4 is 0 Å². The van der Waals surface area contributed by atoms with Gasteiger partial charge in [-0.1, -0.05) is 121 Å². The van der Waals surface area contributed by atoms with Crippen LogP contribution in [-0.2, 0) is 6.42 Å². The molecule has 7 heteroatoms. The first kappa shape index (κ1) is 30.6. The number of hydrogen-bond donors (Lipinski definition) is 0. The van der Waals surface area contributed by atoms with Gasteiger partial charge in [0.1, 0.15) is 5.52 Å². The lowest BCUT2D eigenvalue weighted by Crippen LogP contribution is -2.05. The van der Waals surface area contributed by atoms with E-state index < -0.39 is 11.6 Å². The number of unbranched alkanes of at least 4 members (excludes halogenated alkanes) is 12. The van der Waals surface area contributed by atoms with Gasteiger partial charge in [0.05, 0.1) is 14.7 Å². The number of rotatable bonds is 19. The van der Waals surface area contributed by atoms with Gasteiger partial charge < -0.3 is 0 Å². The molecule has 1 unspecified atom stereocenters. The minimum absolute atomic E-state index is 0.0543. The minimum atomic E-state index is -0.888. The van der Waals surface area contributed by atoms with Crippen LogP contribution in [0.1, 0.15) is 122 Å². The van der Waals surface area contributed by atoms with Gasteiger partial charge in [-0.2, -0.15) is 0 Å². The Bertz CT molecular complexity index is 1070. The van der Waals surface area contributed by atoms with Gasteiger partial charge >= 0.3 is 0 Å². The molecule has 0 amide bonds. The van der Waals surface area contributed by atoms with Crippen molar-refractivity contribution in [1.82, 2.24) is 9.59 Å². The summed E-state index contributed by atoms with van der Waals surface area (Å²) in [7, 11) is 0. The summed E-state index contributed by atoms with van der Waals surface area (Å²) in [6.45, 7) is 4.53. The summed E-state index contributed by atoms with van der Waals surface area (Å²) in [5, 5.41) is 6.15. The van der Waals surface area contributed by atoms with Crippen molar-refractivity contribution < 1.29 is 8.78 Å². The largest absolute Gasteiger partial charge is 0.203 e. The van der Waals surface area contributed by atoms with Crippen molar-refractivity contribution in [3.8, 4) is 10.4 Å². The van der Waals surface area contributed by atoms with Crippen molar-refractivity contribution in [3.63, 3.8) is 0 Å². The highest BCUT2D eigenvalue weighted by Crippen LogP contribution is 2.41. The molecule has 1 atom stereocenters. The second kappa shape index (κ2) is 16.9. The number of benzene rings is 1. The van der Waals surface area contributed by atoms with E-state index >= 15 is 4.39 Å². The zero-order valence-electron chi connectivity index (χ0n) is 22.6. The van der Waals surface area contributed by atoms with E-state index in [1.807, 2.05) is 0 Å². The third-order valence-corrected chi connectivity index (χ3v) is 9.85. The lowest BCUT2D eigenvalue weighted by atomic mass is 9.89. The second-order valence-electron chi connectivity index (χ2n) is 10.5. The predicted octanol–water partition coefficient (Wildman–Crippen LogP) is 11.9. The average molecular weight is 614 g/mol. The summed E-state index contributed by atoms with van der Waals surface area (Å²) in [6.07, 6.45) is 22.3. The molecule has 0 saturated carbocycles. The Hall–Kier alpha value is -0.920. The molecule has 0 radical (unpaired) electrons. The highest BCUT2D eigenvalue weighted by Gasteiger charge is 2.24. The first-order valence-corrected chi connectivity index (χ1v) is 16.9. The Morgan fingerprint density at radius 2 is 1.38 bits per heavy atom. The summed E-state index contributed by atoms with van der Waals surface area (Å²) < 4.78 is 34.2. The monoisotopic (exact) mass is 612 g/mol. The molecule has 2 nitrogen and oxygen atoms in total. The van der Waals surface area contributed by atoms with Gasteiger partial charge in [-0.3, -0.25) is 0 Å². The lowest BCUT2D eigenvalue weighted by molar-refractivity contribution is 0.400.